The second-order valence-electron chi connectivity index (χ2n) is 3.93. The van der Waals surface area contributed by atoms with Crippen LogP contribution in [-0.4, -0.2) is 15.8 Å². The van der Waals surface area contributed by atoms with Crippen molar-refractivity contribution in [2.75, 3.05) is 0 Å². The molecular weight excluding hydrogens is 236 g/mol. The highest BCUT2D eigenvalue weighted by Crippen LogP contribution is 2.12. The van der Waals surface area contributed by atoms with E-state index in [0.717, 1.165) is 29.8 Å². The van der Waals surface area contributed by atoms with Crippen LogP contribution in [-0.2, 0) is 19.9 Å². The molecule has 0 saturated heterocycles. The molecule has 2 rings (SSSR count). The number of aromatic nitrogens is 2. The molecule has 0 spiro atoms. The van der Waals surface area contributed by atoms with E-state index in [1.54, 1.807) is 10.9 Å². The van der Waals surface area contributed by atoms with Crippen molar-refractivity contribution in [2.45, 2.75) is 12.8 Å². The van der Waals surface area contributed by atoms with Gasteiger partial charge in [-0.1, -0.05) is 23.7 Å². The van der Waals surface area contributed by atoms with Crippen LogP contribution in [0.2, 0.25) is 5.02 Å². The summed E-state index contributed by atoms with van der Waals surface area (Å²) in [6.45, 7) is 0. The molecule has 0 saturated carbocycles. The van der Waals surface area contributed by atoms with Gasteiger partial charge in [-0.2, -0.15) is 0 Å². The van der Waals surface area contributed by atoms with Crippen LogP contribution in [0.4, 0.5) is 0 Å². The van der Waals surface area contributed by atoms with Gasteiger partial charge in [0.1, 0.15) is 5.69 Å². The summed E-state index contributed by atoms with van der Waals surface area (Å²) in [6, 6.07) is 7.73. The zero-order valence-corrected chi connectivity index (χ0v) is 10.3. The van der Waals surface area contributed by atoms with Gasteiger partial charge in [0.05, 0.1) is 12.0 Å². The van der Waals surface area contributed by atoms with E-state index in [1.165, 1.54) is 5.56 Å². The standard InChI is InChI=1S/C13H13ClN2O/c1-16-9-15-12(13(16)8-17)7-4-10-2-5-11(14)6-3-10/h2-3,5-6,8-9H,4,7H2,1H3. The molecule has 0 aliphatic rings. The highest BCUT2D eigenvalue weighted by atomic mass is 35.5. The Morgan fingerprint density at radius 2 is 2.00 bits per heavy atom. The minimum Gasteiger partial charge on any atom is -0.331 e. The van der Waals surface area contributed by atoms with Gasteiger partial charge in [0.2, 0.25) is 0 Å². The number of hydrogen-bond acceptors (Lipinski definition) is 2. The average Bonchev–Trinajstić information content (AvgIpc) is 2.69. The second kappa shape index (κ2) is 5.15. The zero-order chi connectivity index (χ0) is 12.3. The fourth-order valence-corrected chi connectivity index (χ4v) is 1.87. The Balaban J connectivity index is 2.07. The van der Waals surface area contributed by atoms with Crippen molar-refractivity contribution in [1.29, 1.82) is 0 Å². The van der Waals surface area contributed by atoms with Crippen molar-refractivity contribution >= 4 is 17.9 Å². The number of hydrogen-bond donors (Lipinski definition) is 0. The van der Waals surface area contributed by atoms with Crippen molar-refractivity contribution in [3.63, 3.8) is 0 Å². The highest BCUT2D eigenvalue weighted by Gasteiger charge is 2.07. The number of benzene rings is 1. The van der Waals surface area contributed by atoms with Crippen molar-refractivity contribution < 1.29 is 4.79 Å². The number of rotatable bonds is 4. The normalized spacial score (nSPS) is 10.5. The largest absolute Gasteiger partial charge is 0.331 e. The molecule has 2 aromatic rings. The number of aldehydes is 1. The van der Waals surface area contributed by atoms with E-state index >= 15 is 0 Å². The molecule has 0 atom stereocenters. The fourth-order valence-electron chi connectivity index (χ4n) is 1.75. The van der Waals surface area contributed by atoms with Gasteiger partial charge in [-0.3, -0.25) is 4.79 Å². The monoisotopic (exact) mass is 248 g/mol. The van der Waals surface area contributed by atoms with Crippen LogP contribution in [0, 0.1) is 0 Å². The van der Waals surface area contributed by atoms with Crippen molar-refractivity contribution in [2.24, 2.45) is 7.05 Å². The maximum atomic E-state index is 10.9. The van der Waals surface area contributed by atoms with Gasteiger partial charge in [0.15, 0.2) is 6.29 Å². The van der Waals surface area contributed by atoms with Gasteiger partial charge >= 0.3 is 0 Å². The number of aryl methyl sites for hydroxylation is 3. The molecule has 1 aromatic heterocycles. The predicted octanol–water partition coefficient (Wildman–Crippen LogP) is 2.67. The van der Waals surface area contributed by atoms with Gasteiger partial charge in [-0.05, 0) is 30.5 Å². The molecule has 1 aromatic carbocycles. The minimum atomic E-state index is 0.652. The summed E-state index contributed by atoms with van der Waals surface area (Å²) in [6.07, 6.45) is 4.14. The molecule has 0 radical (unpaired) electrons. The quantitative estimate of drug-likeness (QED) is 0.780. The Labute approximate surface area is 105 Å². The third-order valence-corrected chi connectivity index (χ3v) is 2.99. The smallest absolute Gasteiger partial charge is 0.168 e. The van der Waals surface area contributed by atoms with Crippen LogP contribution in [0.3, 0.4) is 0 Å². The summed E-state index contributed by atoms with van der Waals surface area (Å²) in [5.74, 6) is 0. The predicted molar refractivity (Wildman–Crippen MR) is 67.5 cm³/mol. The molecule has 88 valence electrons. The van der Waals surface area contributed by atoms with Crippen LogP contribution in [0.25, 0.3) is 0 Å². The molecule has 4 heteroatoms. The topological polar surface area (TPSA) is 34.9 Å². The Bertz CT molecular complexity index is 517. The summed E-state index contributed by atoms with van der Waals surface area (Å²) in [4.78, 5) is 15.1. The summed E-state index contributed by atoms with van der Waals surface area (Å²) in [5.41, 5.74) is 2.69. The third kappa shape index (κ3) is 2.74. The zero-order valence-electron chi connectivity index (χ0n) is 9.56. The van der Waals surface area contributed by atoms with Crippen LogP contribution in [0.1, 0.15) is 21.7 Å². The molecule has 17 heavy (non-hydrogen) atoms. The van der Waals surface area contributed by atoms with Crippen LogP contribution in [0.5, 0.6) is 0 Å². The molecule has 3 nitrogen and oxygen atoms in total. The molecule has 0 amide bonds. The van der Waals surface area contributed by atoms with Crippen LogP contribution < -0.4 is 0 Å². The summed E-state index contributed by atoms with van der Waals surface area (Å²) in [7, 11) is 1.82. The molecule has 0 fully saturated rings. The van der Waals surface area contributed by atoms with E-state index in [0.29, 0.717) is 5.69 Å². The Morgan fingerprint density at radius 3 is 2.65 bits per heavy atom. The Kier molecular flexibility index (Phi) is 3.59. The van der Waals surface area contributed by atoms with E-state index in [-0.39, 0.29) is 0 Å². The molecule has 1 heterocycles. The molecule has 0 unspecified atom stereocenters. The lowest BCUT2D eigenvalue weighted by atomic mass is 10.1. The molecule has 0 N–H and O–H groups in total. The van der Waals surface area contributed by atoms with Gasteiger partial charge in [0.25, 0.3) is 0 Å². The first-order valence-electron chi connectivity index (χ1n) is 5.40. The fraction of sp³-hybridized carbons (Fsp3) is 0.231. The number of imidazole rings is 1. The Morgan fingerprint density at radius 1 is 1.29 bits per heavy atom. The number of nitrogens with zero attached hydrogens (tertiary/aromatic N) is 2. The number of halogens is 1. The number of carbonyl (C=O) groups is 1. The van der Waals surface area contributed by atoms with E-state index in [4.69, 9.17) is 11.6 Å². The summed E-state index contributed by atoms with van der Waals surface area (Å²) in [5, 5.41) is 0.736. The maximum Gasteiger partial charge on any atom is 0.168 e. The van der Waals surface area contributed by atoms with E-state index < -0.39 is 0 Å². The lowest BCUT2D eigenvalue weighted by Gasteiger charge is -2.01. The first-order chi connectivity index (χ1) is 8.20. The van der Waals surface area contributed by atoms with Gasteiger partial charge in [0, 0.05) is 12.1 Å². The lowest BCUT2D eigenvalue weighted by Crippen LogP contribution is -1.99. The van der Waals surface area contributed by atoms with E-state index in [2.05, 4.69) is 4.98 Å². The van der Waals surface area contributed by atoms with Gasteiger partial charge < -0.3 is 4.57 Å². The third-order valence-electron chi connectivity index (χ3n) is 2.74. The first kappa shape index (κ1) is 11.9. The van der Waals surface area contributed by atoms with Crippen molar-refractivity contribution in [3.8, 4) is 0 Å². The molecular formula is C13H13ClN2O. The Hall–Kier alpha value is -1.61. The van der Waals surface area contributed by atoms with Crippen molar-refractivity contribution in [3.05, 3.63) is 52.6 Å². The van der Waals surface area contributed by atoms with E-state index in [1.807, 2.05) is 31.3 Å². The average molecular weight is 249 g/mol. The van der Waals surface area contributed by atoms with E-state index in [9.17, 15) is 4.79 Å². The van der Waals surface area contributed by atoms with Gasteiger partial charge in [-0.25, -0.2) is 4.98 Å². The lowest BCUT2D eigenvalue weighted by molar-refractivity contribution is 0.111. The summed E-state index contributed by atoms with van der Waals surface area (Å²) < 4.78 is 1.74. The number of carbonyl (C=O) groups excluding carboxylic acids is 1. The maximum absolute atomic E-state index is 10.9. The van der Waals surface area contributed by atoms with Crippen LogP contribution >= 0.6 is 11.6 Å². The van der Waals surface area contributed by atoms with Crippen molar-refractivity contribution in [1.82, 2.24) is 9.55 Å². The van der Waals surface area contributed by atoms with Crippen LogP contribution in [0.15, 0.2) is 30.6 Å². The SMILES string of the molecule is Cn1cnc(CCc2ccc(Cl)cc2)c1C=O. The summed E-state index contributed by atoms with van der Waals surface area (Å²) >= 11 is 5.82. The molecule has 0 aliphatic heterocycles. The first-order valence-corrected chi connectivity index (χ1v) is 5.78. The minimum absolute atomic E-state index is 0.652. The van der Waals surface area contributed by atoms with Gasteiger partial charge in [-0.15, -0.1) is 0 Å². The highest BCUT2D eigenvalue weighted by molar-refractivity contribution is 6.30. The molecule has 0 aliphatic carbocycles. The molecule has 0 bridgehead atoms. The second-order valence-corrected chi connectivity index (χ2v) is 4.37.